The van der Waals surface area contributed by atoms with Crippen LogP contribution in [-0.2, 0) is 16.0 Å². The number of imidazole rings is 1. The molecule has 11 heteroatoms. The van der Waals surface area contributed by atoms with Crippen molar-refractivity contribution in [2.24, 2.45) is 0 Å². The summed E-state index contributed by atoms with van der Waals surface area (Å²) in [6.07, 6.45) is 5.39. The van der Waals surface area contributed by atoms with Crippen LogP contribution in [0.2, 0.25) is 0 Å². The maximum absolute atomic E-state index is 12.0. The Balaban J connectivity index is 0.00000336. The van der Waals surface area contributed by atoms with Gasteiger partial charge in [-0.1, -0.05) is 13.5 Å². The Morgan fingerprint density at radius 3 is 2.45 bits per heavy atom. The van der Waals surface area contributed by atoms with E-state index in [4.69, 9.17) is 14.5 Å². The number of hydrogen-bond donors (Lipinski definition) is 3. The Bertz CT molecular complexity index is 1350. The molecule has 2 amide bonds. The third-order valence-electron chi connectivity index (χ3n) is 6.40. The van der Waals surface area contributed by atoms with Crippen LogP contribution in [0.15, 0.2) is 48.9 Å². The Kier molecular flexibility index (Phi) is 8.62. The fraction of sp³-hybridized carbons (Fsp3) is 0.370. The first-order chi connectivity index (χ1) is 18.1. The van der Waals surface area contributed by atoms with Crippen molar-refractivity contribution in [3.05, 3.63) is 54.6 Å². The lowest BCUT2D eigenvalue weighted by atomic mass is 10.0. The Morgan fingerprint density at radius 1 is 1.08 bits per heavy atom. The molecule has 0 spiro atoms. The van der Waals surface area contributed by atoms with E-state index >= 15 is 0 Å². The number of nitrogens with zero attached hydrogens (tertiary/aromatic N) is 5. The number of urea groups is 1. The van der Waals surface area contributed by atoms with Gasteiger partial charge in [0.1, 0.15) is 5.52 Å². The number of nitrogens with one attached hydrogen (secondary N) is 3. The molecule has 1 aliphatic heterocycles. The van der Waals surface area contributed by atoms with Crippen LogP contribution in [0.4, 0.5) is 10.7 Å². The Hall–Kier alpha value is -3.93. The van der Waals surface area contributed by atoms with Crippen molar-refractivity contribution >= 4 is 23.0 Å². The van der Waals surface area contributed by atoms with Crippen LogP contribution < -0.4 is 10.6 Å². The molecule has 3 aromatic heterocycles. The van der Waals surface area contributed by atoms with E-state index in [1.54, 1.807) is 32.7 Å². The fourth-order valence-corrected chi connectivity index (χ4v) is 4.58. The zero-order chi connectivity index (χ0) is 25.8. The van der Waals surface area contributed by atoms with E-state index in [0.29, 0.717) is 23.8 Å². The summed E-state index contributed by atoms with van der Waals surface area (Å²) in [5.74, 6) is 0.891. The van der Waals surface area contributed by atoms with E-state index in [0.717, 1.165) is 47.5 Å². The molecular weight excluding hydrogens is 484 g/mol. The van der Waals surface area contributed by atoms with Gasteiger partial charge >= 0.3 is 6.03 Å². The lowest BCUT2D eigenvalue weighted by Crippen LogP contribution is -2.28. The molecule has 11 nitrogen and oxygen atoms in total. The number of amides is 2. The molecule has 1 aromatic carbocycles. The number of hydrogen-bond acceptors (Lipinski definition) is 8. The first kappa shape index (κ1) is 27.1. The van der Waals surface area contributed by atoms with Crippen molar-refractivity contribution < 1.29 is 14.3 Å². The van der Waals surface area contributed by atoms with Crippen LogP contribution in [-0.4, -0.2) is 81.9 Å². The lowest BCUT2D eigenvalue weighted by molar-refractivity contribution is -0.00461. The molecule has 3 N–H and O–H groups in total. The second-order valence-electron chi connectivity index (χ2n) is 8.84. The number of pyridine rings is 1. The highest BCUT2D eigenvalue weighted by atomic mass is 16.5. The average molecular weight is 519 g/mol. The Morgan fingerprint density at radius 2 is 1.82 bits per heavy atom. The number of anilines is 1. The van der Waals surface area contributed by atoms with E-state index in [1.807, 2.05) is 31.3 Å². The number of fused-ring (bicyclic) bond motifs is 1. The molecule has 1 saturated heterocycles. The summed E-state index contributed by atoms with van der Waals surface area (Å²) >= 11 is 0. The first-order valence-corrected chi connectivity index (χ1v) is 12.2. The number of benzene rings is 1. The topological polar surface area (TPSA) is 130 Å². The van der Waals surface area contributed by atoms with Gasteiger partial charge in [-0.2, -0.15) is 0 Å². The molecule has 0 saturated carbocycles. The molecule has 5 rings (SSSR count). The lowest BCUT2D eigenvalue weighted by Gasteiger charge is -2.14. The quantitative estimate of drug-likeness (QED) is 0.322. The number of carbonyl (C=O) groups is 1. The first-order valence-electron chi connectivity index (χ1n) is 12.2. The van der Waals surface area contributed by atoms with Crippen molar-refractivity contribution in [2.75, 3.05) is 39.2 Å². The van der Waals surface area contributed by atoms with E-state index in [1.165, 1.54) is 0 Å². The molecule has 0 unspecified atom stereocenters. The van der Waals surface area contributed by atoms with Gasteiger partial charge in [-0.05, 0) is 36.8 Å². The van der Waals surface area contributed by atoms with Gasteiger partial charge in [0.25, 0.3) is 0 Å². The van der Waals surface area contributed by atoms with Gasteiger partial charge in [0.05, 0.1) is 23.4 Å². The maximum atomic E-state index is 12.0. The highest BCUT2D eigenvalue weighted by molar-refractivity contribution is 5.97. The summed E-state index contributed by atoms with van der Waals surface area (Å²) in [4.78, 5) is 35.7. The number of carbonyl (C=O) groups excluding carboxylic acids is 1. The van der Waals surface area contributed by atoms with Crippen molar-refractivity contribution in [1.82, 2.24) is 35.1 Å². The molecule has 0 radical (unpaired) electrons. The average Bonchev–Trinajstić information content (AvgIpc) is 3.51. The van der Waals surface area contributed by atoms with Crippen molar-refractivity contribution in [3.8, 4) is 22.5 Å². The van der Waals surface area contributed by atoms with Gasteiger partial charge in [0.15, 0.2) is 5.82 Å². The summed E-state index contributed by atoms with van der Waals surface area (Å²) in [6.45, 7) is 4.70. The van der Waals surface area contributed by atoms with Crippen LogP contribution in [0.25, 0.3) is 33.5 Å². The van der Waals surface area contributed by atoms with Crippen LogP contribution in [0, 0.1) is 0 Å². The highest BCUT2D eigenvalue weighted by Gasteiger charge is 2.32. The largest absolute Gasteiger partial charge is 0.377 e. The van der Waals surface area contributed by atoms with Gasteiger partial charge in [0, 0.05) is 70.1 Å². The summed E-state index contributed by atoms with van der Waals surface area (Å²) in [6, 6.07) is 9.52. The van der Waals surface area contributed by atoms with E-state index < -0.39 is 0 Å². The van der Waals surface area contributed by atoms with Gasteiger partial charge < -0.3 is 19.8 Å². The molecule has 0 aliphatic carbocycles. The zero-order valence-corrected chi connectivity index (χ0v) is 21.1. The number of ether oxygens (including phenoxy) is 2. The number of H-pyrrole nitrogens is 1. The van der Waals surface area contributed by atoms with Crippen molar-refractivity contribution in [1.29, 1.82) is 0 Å². The van der Waals surface area contributed by atoms with E-state index in [2.05, 4.69) is 41.5 Å². The minimum absolute atomic E-state index is 0. The molecule has 1 fully saturated rings. The normalized spacial score (nSPS) is 17.3. The molecule has 200 valence electrons. The third kappa shape index (κ3) is 5.80. The summed E-state index contributed by atoms with van der Waals surface area (Å²) < 4.78 is 11.1. The van der Waals surface area contributed by atoms with Gasteiger partial charge in [-0.15, -0.1) is 0 Å². The number of aromatic amines is 1. The van der Waals surface area contributed by atoms with Crippen LogP contribution in [0.3, 0.4) is 0 Å². The number of methoxy groups -OCH3 is 2. The van der Waals surface area contributed by atoms with Crippen LogP contribution in [0.5, 0.6) is 0 Å². The second-order valence-corrected chi connectivity index (χ2v) is 8.84. The fourth-order valence-electron chi connectivity index (χ4n) is 4.58. The molecule has 4 aromatic rings. The summed E-state index contributed by atoms with van der Waals surface area (Å²) in [7, 11) is 3.44. The summed E-state index contributed by atoms with van der Waals surface area (Å²) in [5, 5.41) is 5.44. The minimum Gasteiger partial charge on any atom is -0.377 e. The monoisotopic (exact) mass is 518 g/mol. The number of likely N-dealkylation sites (tertiary alicyclic amines) is 1. The van der Waals surface area contributed by atoms with E-state index in [9.17, 15) is 4.79 Å². The van der Waals surface area contributed by atoms with Crippen LogP contribution >= 0.6 is 0 Å². The van der Waals surface area contributed by atoms with Crippen molar-refractivity contribution in [2.45, 2.75) is 33.1 Å². The highest BCUT2D eigenvalue weighted by Crippen LogP contribution is 2.32. The van der Waals surface area contributed by atoms with Gasteiger partial charge in [-0.25, -0.2) is 19.7 Å². The minimum atomic E-state index is -0.328. The molecule has 0 bridgehead atoms. The summed E-state index contributed by atoms with van der Waals surface area (Å²) in [5.41, 5.74) is 5.03. The molecule has 1 aliphatic rings. The predicted octanol–water partition coefficient (Wildman–Crippen LogP) is 3.71. The van der Waals surface area contributed by atoms with Gasteiger partial charge in [0.2, 0.25) is 5.95 Å². The number of rotatable bonds is 8. The van der Waals surface area contributed by atoms with Crippen molar-refractivity contribution in [3.63, 3.8) is 0 Å². The number of aromatic nitrogens is 5. The zero-order valence-electron chi connectivity index (χ0n) is 21.1. The molecule has 38 heavy (non-hydrogen) atoms. The molecular formula is C27H34N8O3. The predicted molar refractivity (Wildman–Crippen MR) is 147 cm³/mol. The Labute approximate surface area is 222 Å². The second kappa shape index (κ2) is 12.1. The van der Waals surface area contributed by atoms with Gasteiger partial charge in [-0.3, -0.25) is 15.2 Å². The SMILES string of the molecule is C.CCNC(=O)Nc1nc2c(-c3ncccn3)cc(-c3ccc(CN4C[C@@H](OC)[C@H](OC)C4)nc3)cc2[nH]1. The molecule has 2 atom stereocenters. The van der Waals surface area contributed by atoms with Crippen LogP contribution in [0.1, 0.15) is 20.0 Å². The van der Waals surface area contributed by atoms with E-state index in [-0.39, 0.29) is 25.7 Å². The third-order valence-corrected chi connectivity index (χ3v) is 6.40. The smallest absolute Gasteiger partial charge is 0.321 e. The standard InChI is InChI=1S/C26H30N8O3.CH4/c1-4-27-26(35)33-25-31-20-11-17(10-19(23(20)32-25)24-28-8-5-9-29-24)16-6-7-18(30-12-16)13-34-14-21(36-2)22(15-34)37-3;/h5-12,21-22H,4,13-15H2,1-3H3,(H3,27,31,32,33,35);1H4/t21-,22-;/m1./s1. The maximum Gasteiger partial charge on any atom is 0.321 e. The molecule has 4 heterocycles.